The number of benzene rings is 3. The van der Waals surface area contributed by atoms with Crippen molar-refractivity contribution in [1.82, 2.24) is 4.90 Å². The van der Waals surface area contributed by atoms with Crippen LogP contribution in [0.5, 0.6) is 11.5 Å². The molecule has 0 atom stereocenters. The van der Waals surface area contributed by atoms with Crippen LogP contribution in [-0.4, -0.2) is 29.2 Å². The van der Waals surface area contributed by atoms with E-state index in [2.05, 4.69) is 0 Å². The number of thioether (sulfide) groups is 1. The highest BCUT2D eigenvalue weighted by molar-refractivity contribution is 8.18. The van der Waals surface area contributed by atoms with Gasteiger partial charge in [0.05, 0.1) is 16.5 Å². The molecular formula is C25H19Cl2NO4S. The van der Waals surface area contributed by atoms with Crippen LogP contribution in [0.2, 0.25) is 10.0 Å². The van der Waals surface area contributed by atoms with Crippen molar-refractivity contribution < 1.29 is 19.1 Å². The van der Waals surface area contributed by atoms with E-state index in [1.165, 1.54) is 4.90 Å². The Kier molecular flexibility index (Phi) is 7.60. The number of carbonyl (C=O) groups excluding carboxylic acids is 2. The molecule has 1 fully saturated rings. The van der Waals surface area contributed by atoms with Crippen LogP contribution >= 0.6 is 35.0 Å². The maximum Gasteiger partial charge on any atom is 0.293 e. The summed E-state index contributed by atoms with van der Waals surface area (Å²) in [6, 6.07) is 21.9. The fraction of sp³-hybridized carbons (Fsp3) is 0.120. The molecule has 4 rings (SSSR count). The molecule has 0 radical (unpaired) electrons. The Morgan fingerprint density at radius 2 is 1.67 bits per heavy atom. The molecule has 0 bridgehead atoms. The van der Waals surface area contributed by atoms with E-state index in [1.54, 1.807) is 48.5 Å². The number of hydrogen-bond acceptors (Lipinski definition) is 5. The predicted octanol–water partition coefficient (Wildman–Crippen LogP) is 6.69. The van der Waals surface area contributed by atoms with Gasteiger partial charge in [-0.15, -0.1) is 0 Å². The van der Waals surface area contributed by atoms with Crippen molar-refractivity contribution in [2.45, 2.75) is 6.61 Å². The van der Waals surface area contributed by atoms with Crippen LogP contribution in [0.4, 0.5) is 4.79 Å². The molecule has 0 unspecified atom stereocenters. The number of nitrogens with zero attached hydrogens (tertiary/aromatic N) is 1. The lowest BCUT2D eigenvalue weighted by Crippen LogP contribution is -2.32. The van der Waals surface area contributed by atoms with Gasteiger partial charge in [0.15, 0.2) is 0 Å². The highest BCUT2D eigenvalue weighted by Crippen LogP contribution is 2.34. The second-order valence-corrected chi connectivity index (χ2v) is 8.94. The maximum absolute atomic E-state index is 12.7. The van der Waals surface area contributed by atoms with Gasteiger partial charge in [0.2, 0.25) is 0 Å². The van der Waals surface area contributed by atoms with Crippen LogP contribution in [0, 0.1) is 0 Å². The summed E-state index contributed by atoms with van der Waals surface area (Å²) in [5.74, 6) is 0.807. The third-order valence-corrected chi connectivity index (χ3v) is 6.22. The van der Waals surface area contributed by atoms with Crippen LogP contribution in [0.15, 0.2) is 77.7 Å². The third-order valence-electron chi connectivity index (χ3n) is 4.76. The quantitative estimate of drug-likeness (QED) is 0.323. The van der Waals surface area contributed by atoms with Crippen molar-refractivity contribution in [3.05, 3.63) is 98.9 Å². The number of amides is 2. The first-order chi connectivity index (χ1) is 16.0. The molecule has 1 saturated heterocycles. The second kappa shape index (κ2) is 10.8. The van der Waals surface area contributed by atoms with Gasteiger partial charge in [-0.2, -0.15) is 0 Å². The summed E-state index contributed by atoms with van der Waals surface area (Å²) in [5, 5.41) is 0.699. The zero-order valence-electron chi connectivity index (χ0n) is 17.4. The molecule has 0 spiro atoms. The Balaban J connectivity index is 1.36. The predicted molar refractivity (Wildman–Crippen MR) is 132 cm³/mol. The van der Waals surface area contributed by atoms with E-state index in [0.717, 1.165) is 17.3 Å². The Hall–Kier alpha value is -2.93. The molecule has 0 aromatic heterocycles. The van der Waals surface area contributed by atoms with E-state index >= 15 is 0 Å². The molecule has 2 amide bonds. The molecular weight excluding hydrogens is 481 g/mol. The van der Waals surface area contributed by atoms with E-state index in [-0.39, 0.29) is 24.3 Å². The topological polar surface area (TPSA) is 55.8 Å². The molecule has 1 aliphatic rings. The van der Waals surface area contributed by atoms with E-state index in [4.69, 9.17) is 32.7 Å². The van der Waals surface area contributed by atoms with Crippen LogP contribution in [0.1, 0.15) is 11.1 Å². The normalized spacial score (nSPS) is 14.7. The minimum atomic E-state index is -0.356. The third kappa shape index (κ3) is 6.11. The van der Waals surface area contributed by atoms with Crippen molar-refractivity contribution in [2.24, 2.45) is 0 Å². The van der Waals surface area contributed by atoms with Crippen LogP contribution in [0.25, 0.3) is 6.08 Å². The highest BCUT2D eigenvalue weighted by atomic mass is 35.5. The lowest BCUT2D eigenvalue weighted by molar-refractivity contribution is -0.123. The SMILES string of the molecule is O=C1S/C(=C\c2ccc(OCc3ccccc3)c(Cl)c2)C(=O)N1CCOc1ccc(Cl)cc1. The number of hydrogen-bond donors (Lipinski definition) is 0. The molecule has 1 aliphatic heterocycles. The van der Waals surface area contributed by atoms with E-state index < -0.39 is 0 Å². The molecule has 5 nitrogen and oxygen atoms in total. The van der Waals surface area contributed by atoms with Crippen LogP contribution < -0.4 is 9.47 Å². The lowest BCUT2D eigenvalue weighted by Gasteiger charge is -2.13. The van der Waals surface area contributed by atoms with Gasteiger partial charge in [-0.05, 0) is 65.4 Å². The van der Waals surface area contributed by atoms with Crippen molar-refractivity contribution in [1.29, 1.82) is 0 Å². The Labute approximate surface area is 205 Å². The summed E-state index contributed by atoms with van der Waals surface area (Å²) in [4.78, 5) is 26.5. The molecule has 168 valence electrons. The summed E-state index contributed by atoms with van der Waals surface area (Å²) in [7, 11) is 0. The standard InChI is InChI=1S/C25H19Cl2NO4S/c26-19-7-9-20(10-8-19)31-13-12-28-24(29)23(33-25(28)30)15-18-6-11-22(21(27)14-18)32-16-17-4-2-1-3-5-17/h1-11,14-15H,12-13,16H2/b23-15-. The van der Waals surface area contributed by atoms with E-state index in [9.17, 15) is 9.59 Å². The number of rotatable bonds is 8. The zero-order chi connectivity index (χ0) is 23.2. The maximum atomic E-state index is 12.7. The zero-order valence-corrected chi connectivity index (χ0v) is 19.7. The molecule has 3 aromatic rings. The van der Waals surface area contributed by atoms with Gasteiger partial charge in [-0.3, -0.25) is 14.5 Å². The van der Waals surface area contributed by atoms with Gasteiger partial charge in [0.25, 0.3) is 11.1 Å². The summed E-state index contributed by atoms with van der Waals surface area (Å²) < 4.78 is 11.4. The summed E-state index contributed by atoms with van der Waals surface area (Å²) in [6.45, 7) is 0.737. The largest absolute Gasteiger partial charge is 0.492 e. The van der Waals surface area contributed by atoms with Gasteiger partial charge in [-0.25, -0.2) is 0 Å². The number of halogens is 2. The fourth-order valence-corrected chi connectivity index (χ4v) is 4.32. The fourth-order valence-electron chi connectivity index (χ4n) is 3.09. The first-order valence-corrected chi connectivity index (χ1v) is 11.7. The monoisotopic (exact) mass is 499 g/mol. The Morgan fingerprint density at radius 1 is 0.909 bits per heavy atom. The molecule has 8 heteroatoms. The Morgan fingerprint density at radius 3 is 2.39 bits per heavy atom. The average Bonchev–Trinajstić information content (AvgIpc) is 3.08. The van der Waals surface area contributed by atoms with Crippen molar-refractivity contribution in [3.8, 4) is 11.5 Å². The Bertz CT molecular complexity index is 1180. The molecule has 0 N–H and O–H groups in total. The highest BCUT2D eigenvalue weighted by Gasteiger charge is 2.34. The van der Waals surface area contributed by atoms with Crippen LogP contribution in [-0.2, 0) is 11.4 Å². The number of carbonyl (C=O) groups is 2. The van der Waals surface area contributed by atoms with Gasteiger partial charge < -0.3 is 9.47 Å². The van der Waals surface area contributed by atoms with Gasteiger partial charge in [-0.1, -0.05) is 59.6 Å². The summed E-state index contributed by atoms with van der Waals surface area (Å²) >= 11 is 13.1. The average molecular weight is 500 g/mol. The summed E-state index contributed by atoms with van der Waals surface area (Å²) in [5.41, 5.74) is 1.74. The first kappa shape index (κ1) is 23.2. The number of imide groups is 1. The lowest BCUT2D eigenvalue weighted by atomic mass is 10.2. The summed E-state index contributed by atoms with van der Waals surface area (Å²) in [6.07, 6.45) is 1.65. The number of ether oxygens (including phenoxy) is 2. The van der Waals surface area contributed by atoms with E-state index in [1.807, 2.05) is 30.3 Å². The molecule has 33 heavy (non-hydrogen) atoms. The molecule has 0 aliphatic carbocycles. The van der Waals surface area contributed by atoms with Crippen molar-refractivity contribution >= 4 is 52.2 Å². The molecule has 0 saturated carbocycles. The molecule has 1 heterocycles. The van der Waals surface area contributed by atoms with Gasteiger partial charge >= 0.3 is 0 Å². The van der Waals surface area contributed by atoms with Crippen molar-refractivity contribution in [3.63, 3.8) is 0 Å². The minimum Gasteiger partial charge on any atom is -0.492 e. The minimum absolute atomic E-state index is 0.150. The van der Waals surface area contributed by atoms with Crippen LogP contribution in [0.3, 0.4) is 0 Å². The van der Waals surface area contributed by atoms with E-state index in [0.29, 0.717) is 38.6 Å². The van der Waals surface area contributed by atoms with Gasteiger partial charge in [0.1, 0.15) is 24.7 Å². The second-order valence-electron chi connectivity index (χ2n) is 7.10. The smallest absolute Gasteiger partial charge is 0.293 e. The first-order valence-electron chi connectivity index (χ1n) is 10.1. The van der Waals surface area contributed by atoms with Gasteiger partial charge in [0, 0.05) is 5.02 Å². The molecule has 3 aromatic carbocycles. The van der Waals surface area contributed by atoms with Crippen molar-refractivity contribution in [2.75, 3.05) is 13.2 Å².